The predicted octanol–water partition coefficient (Wildman–Crippen LogP) is 5.11. The standard InChI is InChI=1S/C16H12Cl2N2/c1-9-2-3-11(6-14(9)17)12-7-15(10-4-5-10)20-16(18)13(12)8-19/h2-3,6-7,10H,4-5H2,1H3. The summed E-state index contributed by atoms with van der Waals surface area (Å²) in [5.74, 6) is 0.486. The highest BCUT2D eigenvalue weighted by molar-refractivity contribution is 6.32. The molecule has 0 unspecified atom stereocenters. The zero-order chi connectivity index (χ0) is 14.3. The molecule has 1 saturated carbocycles. The molecule has 0 radical (unpaired) electrons. The quantitative estimate of drug-likeness (QED) is 0.723. The van der Waals surface area contributed by atoms with Gasteiger partial charge < -0.3 is 0 Å². The topological polar surface area (TPSA) is 36.7 Å². The van der Waals surface area contributed by atoms with Crippen LogP contribution in [0.15, 0.2) is 24.3 Å². The molecule has 0 N–H and O–H groups in total. The third kappa shape index (κ3) is 2.40. The average molecular weight is 303 g/mol. The van der Waals surface area contributed by atoms with Gasteiger partial charge in [-0.1, -0.05) is 35.3 Å². The van der Waals surface area contributed by atoms with Crippen LogP contribution in [-0.4, -0.2) is 4.98 Å². The number of aryl methyl sites for hydroxylation is 1. The van der Waals surface area contributed by atoms with E-state index in [1.807, 2.05) is 31.2 Å². The van der Waals surface area contributed by atoms with Gasteiger partial charge in [-0.05, 0) is 43.0 Å². The number of aromatic nitrogens is 1. The van der Waals surface area contributed by atoms with Gasteiger partial charge in [0.15, 0.2) is 0 Å². The fourth-order valence-corrected chi connectivity index (χ4v) is 2.64. The lowest BCUT2D eigenvalue weighted by Gasteiger charge is -2.10. The first kappa shape index (κ1) is 13.4. The third-order valence-corrected chi connectivity index (χ3v) is 4.27. The van der Waals surface area contributed by atoms with Gasteiger partial charge in [0.05, 0.1) is 5.56 Å². The smallest absolute Gasteiger partial charge is 0.147 e. The Bertz CT molecular complexity index is 728. The van der Waals surface area contributed by atoms with E-state index in [4.69, 9.17) is 23.2 Å². The lowest BCUT2D eigenvalue weighted by Crippen LogP contribution is -1.95. The van der Waals surface area contributed by atoms with E-state index in [2.05, 4.69) is 11.1 Å². The van der Waals surface area contributed by atoms with E-state index >= 15 is 0 Å². The van der Waals surface area contributed by atoms with Gasteiger partial charge >= 0.3 is 0 Å². The molecule has 0 saturated heterocycles. The molecule has 4 heteroatoms. The predicted molar refractivity (Wildman–Crippen MR) is 81.1 cm³/mol. The highest BCUT2D eigenvalue weighted by Crippen LogP contribution is 2.42. The van der Waals surface area contributed by atoms with E-state index in [0.717, 1.165) is 35.2 Å². The number of benzene rings is 1. The molecule has 2 aromatic rings. The molecule has 1 fully saturated rings. The second-order valence-corrected chi connectivity index (χ2v) is 5.88. The van der Waals surface area contributed by atoms with Crippen molar-refractivity contribution in [3.63, 3.8) is 0 Å². The maximum Gasteiger partial charge on any atom is 0.147 e. The molecule has 0 aliphatic heterocycles. The van der Waals surface area contributed by atoms with E-state index in [-0.39, 0.29) is 5.15 Å². The molecule has 20 heavy (non-hydrogen) atoms. The molecular weight excluding hydrogens is 291 g/mol. The van der Waals surface area contributed by atoms with Crippen molar-refractivity contribution in [1.82, 2.24) is 4.98 Å². The first-order valence-corrected chi connectivity index (χ1v) is 7.23. The Morgan fingerprint density at radius 3 is 2.60 bits per heavy atom. The summed E-state index contributed by atoms with van der Waals surface area (Å²) >= 11 is 12.3. The Morgan fingerprint density at radius 2 is 2.00 bits per heavy atom. The minimum absolute atomic E-state index is 0.281. The Morgan fingerprint density at radius 1 is 1.25 bits per heavy atom. The first-order chi connectivity index (χ1) is 9.60. The van der Waals surface area contributed by atoms with E-state index in [0.29, 0.717) is 16.5 Å². The molecule has 1 aromatic carbocycles. The summed E-state index contributed by atoms with van der Waals surface area (Å²) in [6, 6.07) is 9.91. The van der Waals surface area contributed by atoms with Crippen molar-refractivity contribution in [3.8, 4) is 17.2 Å². The number of rotatable bonds is 2. The van der Waals surface area contributed by atoms with Crippen LogP contribution < -0.4 is 0 Å². The molecule has 0 amide bonds. The fourth-order valence-electron chi connectivity index (χ4n) is 2.22. The van der Waals surface area contributed by atoms with Gasteiger partial charge in [0.2, 0.25) is 0 Å². The summed E-state index contributed by atoms with van der Waals surface area (Å²) < 4.78 is 0. The summed E-state index contributed by atoms with van der Waals surface area (Å²) in [5.41, 5.74) is 4.12. The van der Waals surface area contributed by atoms with E-state index in [1.165, 1.54) is 0 Å². The van der Waals surface area contributed by atoms with E-state index < -0.39 is 0 Å². The van der Waals surface area contributed by atoms with Gasteiger partial charge in [0.1, 0.15) is 11.2 Å². The summed E-state index contributed by atoms with van der Waals surface area (Å²) in [4.78, 5) is 4.34. The number of halogens is 2. The van der Waals surface area contributed by atoms with E-state index in [9.17, 15) is 5.26 Å². The molecule has 1 aliphatic carbocycles. The lowest BCUT2D eigenvalue weighted by molar-refractivity contribution is 1.02. The number of hydrogen-bond donors (Lipinski definition) is 0. The Labute approximate surface area is 128 Å². The van der Waals surface area contributed by atoms with Crippen LogP contribution in [0.2, 0.25) is 10.2 Å². The van der Waals surface area contributed by atoms with Crippen molar-refractivity contribution in [3.05, 3.63) is 51.3 Å². The summed E-state index contributed by atoms with van der Waals surface area (Å²) in [7, 11) is 0. The van der Waals surface area contributed by atoms with Crippen LogP contribution in [0.25, 0.3) is 11.1 Å². The average Bonchev–Trinajstić information content (AvgIpc) is 3.25. The Kier molecular flexibility index (Phi) is 3.41. The SMILES string of the molecule is Cc1ccc(-c2cc(C3CC3)nc(Cl)c2C#N)cc1Cl. The van der Waals surface area contributed by atoms with Gasteiger partial charge in [-0.15, -0.1) is 0 Å². The summed E-state index contributed by atoms with van der Waals surface area (Å²) in [6.45, 7) is 1.95. The Hall–Kier alpha value is -1.56. The van der Waals surface area contributed by atoms with Crippen molar-refractivity contribution < 1.29 is 0 Å². The molecular formula is C16H12Cl2N2. The second-order valence-electron chi connectivity index (χ2n) is 5.11. The molecule has 2 nitrogen and oxygen atoms in total. The van der Waals surface area contributed by atoms with Gasteiger partial charge in [0.25, 0.3) is 0 Å². The van der Waals surface area contributed by atoms with Crippen molar-refractivity contribution in [2.24, 2.45) is 0 Å². The van der Waals surface area contributed by atoms with Crippen LogP contribution in [0, 0.1) is 18.3 Å². The minimum Gasteiger partial charge on any atom is -0.239 e. The zero-order valence-corrected chi connectivity index (χ0v) is 12.5. The van der Waals surface area contributed by atoms with Gasteiger partial charge in [-0.3, -0.25) is 0 Å². The first-order valence-electron chi connectivity index (χ1n) is 6.47. The number of pyridine rings is 1. The molecule has 0 bridgehead atoms. The number of hydrogen-bond acceptors (Lipinski definition) is 2. The van der Waals surface area contributed by atoms with Crippen LogP contribution in [0.4, 0.5) is 0 Å². The molecule has 0 atom stereocenters. The Balaban J connectivity index is 2.20. The molecule has 0 spiro atoms. The van der Waals surface area contributed by atoms with Gasteiger partial charge in [-0.2, -0.15) is 5.26 Å². The molecule has 1 heterocycles. The third-order valence-electron chi connectivity index (χ3n) is 3.59. The van der Waals surface area contributed by atoms with Crippen LogP contribution in [0.5, 0.6) is 0 Å². The summed E-state index contributed by atoms with van der Waals surface area (Å²) in [5, 5.41) is 10.3. The maximum atomic E-state index is 9.32. The van der Waals surface area contributed by atoms with Gasteiger partial charge in [-0.25, -0.2) is 4.98 Å². The van der Waals surface area contributed by atoms with E-state index in [1.54, 1.807) is 0 Å². The van der Waals surface area contributed by atoms with Crippen molar-refractivity contribution in [2.45, 2.75) is 25.7 Å². The van der Waals surface area contributed by atoms with Crippen molar-refractivity contribution in [2.75, 3.05) is 0 Å². The monoisotopic (exact) mass is 302 g/mol. The maximum absolute atomic E-state index is 9.32. The van der Waals surface area contributed by atoms with Gasteiger partial charge in [0, 0.05) is 22.2 Å². The highest BCUT2D eigenvalue weighted by Gasteiger charge is 2.27. The zero-order valence-electron chi connectivity index (χ0n) is 11.0. The summed E-state index contributed by atoms with van der Waals surface area (Å²) in [6.07, 6.45) is 2.28. The van der Waals surface area contributed by atoms with Crippen LogP contribution in [-0.2, 0) is 0 Å². The lowest BCUT2D eigenvalue weighted by atomic mass is 9.99. The fraction of sp³-hybridized carbons (Fsp3) is 0.250. The molecule has 1 aromatic heterocycles. The highest BCUT2D eigenvalue weighted by atomic mass is 35.5. The second kappa shape index (κ2) is 5.09. The normalized spacial score (nSPS) is 14.1. The van der Waals surface area contributed by atoms with Crippen LogP contribution in [0.1, 0.15) is 35.6 Å². The van der Waals surface area contributed by atoms with Crippen molar-refractivity contribution >= 4 is 23.2 Å². The van der Waals surface area contributed by atoms with Crippen LogP contribution in [0.3, 0.4) is 0 Å². The number of nitriles is 1. The minimum atomic E-state index is 0.281. The van der Waals surface area contributed by atoms with Crippen molar-refractivity contribution in [1.29, 1.82) is 5.26 Å². The number of nitrogens with zero attached hydrogens (tertiary/aromatic N) is 2. The van der Waals surface area contributed by atoms with Crippen LogP contribution >= 0.6 is 23.2 Å². The molecule has 3 rings (SSSR count). The largest absolute Gasteiger partial charge is 0.239 e. The molecule has 100 valence electrons. The molecule has 1 aliphatic rings.